The van der Waals surface area contributed by atoms with E-state index in [2.05, 4.69) is 11.9 Å². The van der Waals surface area contributed by atoms with Crippen molar-refractivity contribution in [3.63, 3.8) is 0 Å². The van der Waals surface area contributed by atoms with Crippen LogP contribution in [0.3, 0.4) is 0 Å². The second-order valence-corrected chi connectivity index (χ2v) is 6.64. The summed E-state index contributed by atoms with van der Waals surface area (Å²) in [5, 5.41) is 0. The van der Waals surface area contributed by atoms with Gasteiger partial charge < -0.3 is 9.32 Å². The van der Waals surface area contributed by atoms with Crippen molar-refractivity contribution in [2.45, 2.75) is 32.1 Å². The van der Waals surface area contributed by atoms with E-state index >= 15 is 0 Å². The molecule has 25 heavy (non-hydrogen) atoms. The van der Waals surface area contributed by atoms with Gasteiger partial charge in [0.25, 0.3) is 5.91 Å². The van der Waals surface area contributed by atoms with Gasteiger partial charge in [0.05, 0.1) is 0 Å². The molecule has 4 rings (SSSR count). The van der Waals surface area contributed by atoms with E-state index in [1.807, 2.05) is 53.4 Å². The van der Waals surface area contributed by atoms with Crippen LogP contribution in [0, 0.1) is 0 Å². The SMILES string of the molecule is CCc1ccc(C(=O)N2CCC(c3nc4ccccc4o3)CC2)cc1. The molecule has 0 radical (unpaired) electrons. The topological polar surface area (TPSA) is 46.3 Å². The van der Waals surface area contributed by atoms with E-state index in [1.54, 1.807) is 0 Å². The first-order chi connectivity index (χ1) is 12.2. The number of carbonyl (C=O) groups excluding carboxylic acids is 1. The molecule has 1 aliphatic heterocycles. The second kappa shape index (κ2) is 6.71. The maximum Gasteiger partial charge on any atom is 0.253 e. The molecule has 0 bridgehead atoms. The van der Waals surface area contributed by atoms with Gasteiger partial charge in [-0.15, -0.1) is 0 Å². The molecule has 0 unspecified atom stereocenters. The monoisotopic (exact) mass is 334 g/mol. The van der Waals surface area contributed by atoms with Gasteiger partial charge in [-0.25, -0.2) is 4.98 Å². The van der Waals surface area contributed by atoms with E-state index in [-0.39, 0.29) is 5.91 Å². The van der Waals surface area contributed by atoms with Crippen LogP contribution in [0.15, 0.2) is 52.9 Å². The number of aryl methyl sites for hydroxylation is 1. The van der Waals surface area contributed by atoms with Gasteiger partial charge in [-0.1, -0.05) is 31.2 Å². The number of piperidine rings is 1. The highest BCUT2D eigenvalue weighted by molar-refractivity contribution is 5.94. The molecular formula is C21H22N2O2. The zero-order chi connectivity index (χ0) is 17.2. The summed E-state index contributed by atoms with van der Waals surface area (Å²) >= 11 is 0. The number of nitrogens with zero attached hydrogens (tertiary/aromatic N) is 2. The van der Waals surface area contributed by atoms with Crippen LogP contribution < -0.4 is 0 Å². The third kappa shape index (κ3) is 3.16. The number of carbonyl (C=O) groups is 1. The number of rotatable bonds is 3. The summed E-state index contributed by atoms with van der Waals surface area (Å²) in [6.45, 7) is 3.61. The molecule has 4 nitrogen and oxygen atoms in total. The lowest BCUT2D eigenvalue weighted by molar-refractivity contribution is 0.0706. The van der Waals surface area contributed by atoms with Gasteiger partial charge in [-0.2, -0.15) is 0 Å². The van der Waals surface area contributed by atoms with E-state index in [9.17, 15) is 4.79 Å². The lowest BCUT2D eigenvalue weighted by atomic mass is 9.96. The first kappa shape index (κ1) is 15.9. The largest absolute Gasteiger partial charge is 0.440 e. The molecule has 1 saturated heterocycles. The van der Waals surface area contributed by atoms with Gasteiger partial charge in [0.2, 0.25) is 0 Å². The number of oxazole rings is 1. The van der Waals surface area contributed by atoms with Crippen molar-refractivity contribution in [2.75, 3.05) is 13.1 Å². The average Bonchev–Trinajstić information content (AvgIpc) is 3.12. The van der Waals surface area contributed by atoms with Crippen LogP contribution >= 0.6 is 0 Å². The Bertz CT molecular complexity index is 841. The smallest absolute Gasteiger partial charge is 0.253 e. The molecule has 2 heterocycles. The Hall–Kier alpha value is -2.62. The third-order valence-electron chi connectivity index (χ3n) is 5.05. The molecule has 1 fully saturated rings. The fourth-order valence-corrected chi connectivity index (χ4v) is 3.46. The first-order valence-corrected chi connectivity index (χ1v) is 8.98. The van der Waals surface area contributed by atoms with Crippen molar-refractivity contribution in [3.05, 3.63) is 65.5 Å². The highest BCUT2D eigenvalue weighted by atomic mass is 16.3. The van der Waals surface area contributed by atoms with Gasteiger partial charge in [-0.3, -0.25) is 4.79 Å². The Morgan fingerprint density at radius 1 is 1.12 bits per heavy atom. The second-order valence-electron chi connectivity index (χ2n) is 6.64. The van der Waals surface area contributed by atoms with E-state index in [0.29, 0.717) is 5.92 Å². The minimum atomic E-state index is 0.124. The summed E-state index contributed by atoms with van der Waals surface area (Å²) in [6.07, 6.45) is 2.78. The quantitative estimate of drug-likeness (QED) is 0.713. The van der Waals surface area contributed by atoms with E-state index in [4.69, 9.17) is 4.42 Å². The molecule has 1 amide bonds. The fraction of sp³-hybridized carbons (Fsp3) is 0.333. The number of amides is 1. The minimum absolute atomic E-state index is 0.124. The third-order valence-corrected chi connectivity index (χ3v) is 5.05. The Morgan fingerprint density at radius 3 is 2.52 bits per heavy atom. The number of benzene rings is 2. The van der Waals surface area contributed by atoms with Crippen molar-refractivity contribution in [1.29, 1.82) is 0 Å². The molecule has 1 aliphatic rings. The summed E-state index contributed by atoms with van der Waals surface area (Å²) < 4.78 is 5.90. The van der Waals surface area contributed by atoms with E-state index < -0.39 is 0 Å². The van der Waals surface area contributed by atoms with Crippen LogP contribution in [0.2, 0.25) is 0 Å². The molecule has 3 aromatic rings. The van der Waals surface area contributed by atoms with Crippen molar-refractivity contribution in [2.24, 2.45) is 0 Å². The van der Waals surface area contributed by atoms with Crippen LogP contribution in [-0.2, 0) is 6.42 Å². The number of para-hydroxylation sites is 2. The maximum absolute atomic E-state index is 12.7. The van der Waals surface area contributed by atoms with Crippen molar-refractivity contribution >= 4 is 17.0 Å². The summed E-state index contributed by atoms with van der Waals surface area (Å²) in [5.41, 5.74) is 3.78. The number of fused-ring (bicyclic) bond motifs is 1. The summed E-state index contributed by atoms with van der Waals surface area (Å²) in [4.78, 5) is 19.2. The summed E-state index contributed by atoms with van der Waals surface area (Å²) in [5.74, 6) is 1.22. The van der Waals surface area contributed by atoms with Crippen molar-refractivity contribution in [1.82, 2.24) is 9.88 Å². The van der Waals surface area contributed by atoms with Crippen LogP contribution in [0.5, 0.6) is 0 Å². The molecule has 0 aliphatic carbocycles. The molecule has 0 N–H and O–H groups in total. The fourth-order valence-electron chi connectivity index (χ4n) is 3.46. The normalized spacial score (nSPS) is 15.6. The minimum Gasteiger partial charge on any atom is -0.440 e. The zero-order valence-corrected chi connectivity index (χ0v) is 14.4. The standard InChI is InChI=1S/C21H22N2O2/c1-2-15-7-9-17(10-8-15)21(24)23-13-11-16(12-14-23)20-22-18-5-3-4-6-19(18)25-20/h3-10,16H,2,11-14H2,1H3. The van der Waals surface area contributed by atoms with Crippen LogP contribution in [0.1, 0.15) is 47.5 Å². The molecule has 4 heteroatoms. The summed E-state index contributed by atoms with van der Waals surface area (Å²) in [6, 6.07) is 15.8. The highest BCUT2D eigenvalue weighted by Crippen LogP contribution is 2.30. The van der Waals surface area contributed by atoms with Crippen LogP contribution in [0.4, 0.5) is 0 Å². The number of likely N-dealkylation sites (tertiary alicyclic amines) is 1. The van der Waals surface area contributed by atoms with Gasteiger partial charge in [0.15, 0.2) is 11.5 Å². The first-order valence-electron chi connectivity index (χ1n) is 8.98. The predicted octanol–water partition coefficient (Wildman–Crippen LogP) is 4.41. The lowest BCUT2D eigenvalue weighted by Gasteiger charge is -2.30. The van der Waals surface area contributed by atoms with Gasteiger partial charge in [0.1, 0.15) is 5.52 Å². The molecule has 0 saturated carbocycles. The highest BCUT2D eigenvalue weighted by Gasteiger charge is 2.27. The number of hydrogen-bond acceptors (Lipinski definition) is 3. The molecule has 128 valence electrons. The number of aromatic nitrogens is 1. The van der Waals surface area contributed by atoms with Gasteiger partial charge in [-0.05, 0) is 49.1 Å². The number of hydrogen-bond donors (Lipinski definition) is 0. The van der Waals surface area contributed by atoms with Crippen molar-refractivity contribution < 1.29 is 9.21 Å². The Balaban J connectivity index is 1.42. The van der Waals surface area contributed by atoms with Crippen LogP contribution in [-0.4, -0.2) is 28.9 Å². The van der Waals surface area contributed by atoms with Gasteiger partial charge in [0, 0.05) is 24.6 Å². The van der Waals surface area contributed by atoms with E-state index in [1.165, 1.54) is 5.56 Å². The van der Waals surface area contributed by atoms with Gasteiger partial charge >= 0.3 is 0 Å². The molecule has 0 spiro atoms. The van der Waals surface area contributed by atoms with E-state index in [0.717, 1.165) is 54.9 Å². The Labute approximate surface area is 147 Å². The van der Waals surface area contributed by atoms with Crippen LogP contribution in [0.25, 0.3) is 11.1 Å². The lowest BCUT2D eigenvalue weighted by Crippen LogP contribution is -2.38. The maximum atomic E-state index is 12.7. The Kier molecular flexibility index (Phi) is 4.26. The average molecular weight is 334 g/mol. The summed E-state index contributed by atoms with van der Waals surface area (Å²) in [7, 11) is 0. The predicted molar refractivity (Wildman–Crippen MR) is 97.7 cm³/mol. The molecular weight excluding hydrogens is 312 g/mol. The molecule has 0 atom stereocenters. The zero-order valence-electron chi connectivity index (χ0n) is 14.4. The molecule has 2 aromatic carbocycles. The van der Waals surface area contributed by atoms with Crippen molar-refractivity contribution in [3.8, 4) is 0 Å². The molecule has 1 aromatic heterocycles. The Morgan fingerprint density at radius 2 is 1.84 bits per heavy atom.